The Balaban J connectivity index is 1.44. The molecule has 3 aromatic rings. The first-order valence-corrected chi connectivity index (χ1v) is 12.7. The molecule has 9 nitrogen and oxygen atoms in total. The maximum absolute atomic E-state index is 12.5. The number of halogens is 1. The van der Waals surface area contributed by atoms with Crippen LogP contribution in [0, 0.1) is 0 Å². The van der Waals surface area contributed by atoms with E-state index >= 15 is 0 Å². The molecule has 0 saturated carbocycles. The van der Waals surface area contributed by atoms with Crippen molar-refractivity contribution in [3.63, 3.8) is 0 Å². The Hall–Kier alpha value is -2.85. The smallest absolute Gasteiger partial charge is 0.410 e. The van der Waals surface area contributed by atoms with Gasteiger partial charge < -0.3 is 20.3 Å². The summed E-state index contributed by atoms with van der Waals surface area (Å²) in [6.07, 6.45) is 5.79. The van der Waals surface area contributed by atoms with Crippen molar-refractivity contribution >= 4 is 52.3 Å². The number of nitrogen functional groups attached to an aromatic ring is 1. The average Bonchev–Trinajstić information content (AvgIpc) is 3.06. The lowest BCUT2D eigenvalue weighted by Gasteiger charge is -2.30. The molecule has 0 aliphatic carbocycles. The molecule has 186 valence electrons. The fourth-order valence-electron chi connectivity index (χ4n) is 3.90. The van der Waals surface area contributed by atoms with Crippen molar-refractivity contribution in [2.24, 2.45) is 0 Å². The van der Waals surface area contributed by atoms with Gasteiger partial charge in [-0.15, -0.1) is 0 Å². The Morgan fingerprint density at radius 1 is 1.20 bits per heavy atom. The predicted molar refractivity (Wildman–Crippen MR) is 139 cm³/mol. The highest BCUT2D eigenvalue weighted by atomic mass is 35.5. The van der Waals surface area contributed by atoms with E-state index in [4.69, 9.17) is 27.1 Å². The largest absolute Gasteiger partial charge is 0.444 e. The number of nitrogens with two attached hydrogens (primary N) is 1. The third kappa shape index (κ3) is 6.24. The summed E-state index contributed by atoms with van der Waals surface area (Å²) in [7, 11) is 1.82. The van der Waals surface area contributed by atoms with E-state index in [1.54, 1.807) is 23.4 Å². The Labute approximate surface area is 214 Å². The molecule has 2 N–H and O–H groups in total. The summed E-state index contributed by atoms with van der Waals surface area (Å²) in [6, 6.07) is 5.73. The number of nitrogens with zero attached hydrogens (tertiary/aromatic N) is 6. The van der Waals surface area contributed by atoms with Gasteiger partial charge in [-0.25, -0.2) is 24.7 Å². The summed E-state index contributed by atoms with van der Waals surface area (Å²) in [5.41, 5.74) is 6.58. The van der Waals surface area contributed by atoms with Crippen molar-refractivity contribution in [1.82, 2.24) is 24.8 Å². The molecule has 1 fully saturated rings. The molecule has 35 heavy (non-hydrogen) atoms. The summed E-state index contributed by atoms with van der Waals surface area (Å²) >= 11 is 7.66. The van der Waals surface area contributed by atoms with Gasteiger partial charge in [0.15, 0.2) is 5.65 Å². The Kier molecular flexibility index (Phi) is 7.51. The molecule has 1 saturated heterocycles. The van der Waals surface area contributed by atoms with E-state index in [1.807, 2.05) is 40.0 Å². The number of anilines is 2. The third-order valence-corrected chi connectivity index (χ3v) is 7.22. The van der Waals surface area contributed by atoms with Gasteiger partial charge in [-0.1, -0.05) is 23.4 Å². The van der Waals surface area contributed by atoms with Gasteiger partial charge in [0.05, 0.1) is 11.2 Å². The van der Waals surface area contributed by atoms with Crippen LogP contribution in [0.15, 0.2) is 40.5 Å². The highest BCUT2D eigenvalue weighted by molar-refractivity contribution is 7.99. The monoisotopic (exact) mass is 515 g/mol. The number of fused-ring (bicyclic) bond motifs is 1. The Bertz CT molecular complexity index is 1220. The maximum atomic E-state index is 12.5. The van der Waals surface area contributed by atoms with Crippen LogP contribution in [0.25, 0.3) is 11.2 Å². The standard InChI is InChI=1S/C24H30ClN7O2S/c1-24(2,3)34-23(33)31(4)15-6-5-12-32(13-10-15)18-14-28-22-16(29-18)7-8-19(30-22)35-17-9-11-27-21(26)20(17)25/h7-9,11,14-15H,5-6,10,12-13H2,1-4H3,(H2,26,27)/t15-/m0/s1. The quantitative estimate of drug-likeness (QED) is 0.511. The van der Waals surface area contributed by atoms with Crippen LogP contribution in [-0.4, -0.2) is 62.7 Å². The molecule has 3 aromatic heterocycles. The molecule has 1 aliphatic rings. The molecule has 0 aromatic carbocycles. The fourth-order valence-corrected chi connectivity index (χ4v) is 4.94. The van der Waals surface area contributed by atoms with Crippen molar-refractivity contribution < 1.29 is 9.53 Å². The van der Waals surface area contributed by atoms with Gasteiger partial charge in [0.2, 0.25) is 0 Å². The zero-order chi connectivity index (χ0) is 25.2. The van der Waals surface area contributed by atoms with Gasteiger partial charge in [0, 0.05) is 37.3 Å². The maximum Gasteiger partial charge on any atom is 0.410 e. The molecule has 0 unspecified atom stereocenters. The Morgan fingerprint density at radius 3 is 2.77 bits per heavy atom. The van der Waals surface area contributed by atoms with Gasteiger partial charge in [-0.2, -0.15) is 0 Å². The number of hydrogen-bond acceptors (Lipinski definition) is 9. The first-order valence-electron chi connectivity index (χ1n) is 11.5. The zero-order valence-corrected chi connectivity index (χ0v) is 21.9. The van der Waals surface area contributed by atoms with Crippen LogP contribution in [-0.2, 0) is 4.74 Å². The average molecular weight is 516 g/mol. The zero-order valence-electron chi connectivity index (χ0n) is 20.4. The van der Waals surface area contributed by atoms with Crippen LogP contribution in [0.5, 0.6) is 0 Å². The molecular formula is C24H30ClN7O2S. The molecule has 4 heterocycles. The molecule has 0 spiro atoms. The minimum atomic E-state index is -0.507. The minimum Gasteiger partial charge on any atom is -0.444 e. The number of amides is 1. The first kappa shape index (κ1) is 25.2. The fraction of sp³-hybridized carbons (Fsp3) is 0.458. The lowest BCUT2D eigenvalue weighted by molar-refractivity contribution is 0.0212. The van der Waals surface area contributed by atoms with Crippen LogP contribution in [0.2, 0.25) is 5.02 Å². The molecule has 0 bridgehead atoms. The second kappa shape index (κ2) is 10.4. The number of hydrogen-bond donors (Lipinski definition) is 1. The van der Waals surface area contributed by atoms with E-state index in [0.717, 1.165) is 53.6 Å². The van der Waals surface area contributed by atoms with Gasteiger partial charge >= 0.3 is 6.09 Å². The van der Waals surface area contributed by atoms with Crippen LogP contribution in [0.3, 0.4) is 0 Å². The molecular weight excluding hydrogens is 486 g/mol. The number of carbonyl (C=O) groups excluding carboxylic acids is 1. The van der Waals surface area contributed by atoms with Crippen molar-refractivity contribution in [1.29, 1.82) is 0 Å². The van der Waals surface area contributed by atoms with Crippen molar-refractivity contribution in [2.45, 2.75) is 61.6 Å². The summed E-state index contributed by atoms with van der Waals surface area (Å²) in [4.78, 5) is 35.2. The molecule has 11 heteroatoms. The lowest BCUT2D eigenvalue weighted by atomic mass is 10.1. The number of rotatable bonds is 4. The number of aromatic nitrogens is 4. The third-order valence-electron chi connectivity index (χ3n) is 5.71. The molecule has 1 amide bonds. The van der Waals surface area contributed by atoms with E-state index in [9.17, 15) is 4.79 Å². The van der Waals surface area contributed by atoms with E-state index in [1.165, 1.54) is 11.8 Å². The van der Waals surface area contributed by atoms with E-state index in [0.29, 0.717) is 16.5 Å². The number of carbonyl (C=O) groups is 1. The Morgan fingerprint density at radius 2 is 2.00 bits per heavy atom. The predicted octanol–water partition coefficient (Wildman–Crippen LogP) is 5.03. The highest BCUT2D eigenvalue weighted by Gasteiger charge is 2.27. The first-order chi connectivity index (χ1) is 16.6. The topological polar surface area (TPSA) is 110 Å². The van der Waals surface area contributed by atoms with Gasteiger partial charge in [-0.3, -0.25) is 0 Å². The molecule has 1 aliphatic heterocycles. The lowest BCUT2D eigenvalue weighted by Crippen LogP contribution is -2.41. The SMILES string of the molecule is CN(C(=O)OC(C)(C)C)[C@H]1CCCN(c2cnc3nc(Sc4ccnc(N)c4Cl)ccc3n2)CC1. The molecule has 0 radical (unpaired) electrons. The van der Waals surface area contributed by atoms with Crippen LogP contribution >= 0.6 is 23.4 Å². The van der Waals surface area contributed by atoms with Crippen LogP contribution in [0.1, 0.15) is 40.0 Å². The summed E-state index contributed by atoms with van der Waals surface area (Å²) in [5, 5.41) is 1.16. The van der Waals surface area contributed by atoms with E-state index in [-0.39, 0.29) is 12.1 Å². The second-order valence-corrected chi connectivity index (χ2v) is 10.9. The van der Waals surface area contributed by atoms with Crippen molar-refractivity contribution in [2.75, 3.05) is 30.8 Å². The van der Waals surface area contributed by atoms with Crippen LogP contribution < -0.4 is 10.6 Å². The van der Waals surface area contributed by atoms with Gasteiger partial charge in [0.1, 0.15) is 27.8 Å². The highest BCUT2D eigenvalue weighted by Crippen LogP contribution is 2.35. The minimum absolute atomic E-state index is 0.124. The van der Waals surface area contributed by atoms with E-state index in [2.05, 4.69) is 19.9 Å². The van der Waals surface area contributed by atoms with Crippen LogP contribution in [0.4, 0.5) is 16.4 Å². The second-order valence-electron chi connectivity index (χ2n) is 9.49. The molecule has 1 atom stereocenters. The molecule has 4 rings (SSSR count). The van der Waals surface area contributed by atoms with Crippen molar-refractivity contribution in [3.05, 3.63) is 35.6 Å². The normalized spacial score (nSPS) is 16.7. The number of pyridine rings is 2. The summed E-state index contributed by atoms with van der Waals surface area (Å²) in [6.45, 7) is 7.27. The van der Waals surface area contributed by atoms with E-state index < -0.39 is 5.60 Å². The van der Waals surface area contributed by atoms with Gasteiger partial charge in [-0.05, 0) is 58.2 Å². The van der Waals surface area contributed by atoms with Gasteiger partial charge in [0.25, 0.3) is 0 Å². The van der Waals surface area contributed by atoms with Crippen molar-refractivity contribution in [3.8, 4) is 0 Å². The number of ether oxygens (including phenoxy) is 1. The summed E-state index contributed by atoms with van der Waals surface area (Å²) < 4.78 is 5.54. The summed E-state index contributed by atoms with van der Waals surface area (Å²) in [5.74, 6) is 1.10.